The Balaban J connectivity index is 2.57. The number of esters is 1. The molecule has 4 nitrogen and oxygen atoms in total. The molecule has 0 radical (unpaired) electrons. The molecule has 1 fully saturated rings. The lowest BCUT2D eigenvalue weighted by Crippen LogP contribution is -2.62. The van der Waals surface area contributed by atoms with Gasteiger partial charge < -0.3 is 4.74 Å². The van der Waals surface area contributed by atoms with E-state index in [1.54, 1.807) is 0 Å². The molecule has 0 spiro atoms. The summed E-state index contributed by atoms with van der Waals surface area (Å²) in [6.45, 7) is 13.0. The molecular weight excluding hydrogens is 256 g/mol. The maximum Gasteiger partial charge on any atom is 0.344 e. The van der Waals surface area contributed by atoms with Crippen molar-refractivity contribution in [1.29, 1.82) is 0 Å². The Labute approximate surface area is 123 Å². The number of carbonyl (C=O) groups is 1. The summed E-state index contributed by atoms with van der Waals surface area (Å²) in [4.78, 5) is 22.6. The normalized spacial score (nSPS) is 26.4. The Morgan fingerprint density at radius 3 is 2.40 bits per heavy atom. The van der Waals surface area contributed by atoms with Crippen LogP contribution in [-0.2, 0) is 19.3 Å². The average Bonchev–Trinajstić information content (AvgIpc) is 2.32. The van der Waals surface area contributed by atoms with E-state index in [9.17, 15) is 4.79 Å². The zero-order chi connectivity index (χ0) is 15.4. The minimum Gasteiger partial charge on any atom is -0.463 e. The third-order valence-electron chi connectivity index (χ3n) is 3.81. The highest BCUT2D eigenvalue weighted by Gasteiger charge is 2.57. The third kappa shape index (κ3) is 3.95. The first kappa shape index (κ1) is 17.4. The first-order valence-corrected chi connectivity index (χ1v) is 7.79. The predicted molar refractivity (Wildman–Crippen MR) is 78.1 cm³/mol. The van der Waals surface area contributed by atoms with Gasteiger partial charge in [0.15, 0.2) is 0 Å². The maximum atomic E-state index is 12.4. The van der Waals surface area contributed by atoms with Crippen molar-refractivity contribution >= 4 is 5.97 Å². The van der Waals surface area contributed by atoms with Crippen molar-refractivity contribution in [2.75, 3.05) is 6.61 Å². The zero-order valence-corrected chi connectivity index (χ0v) is 13.8. The third-order valence-corrected chi connectivity index (χ3v) is 3.81. The molecule has 1 rings (SSSR count). The van der Waals surface area contributed by atoms with Gasteiger partial charge in [0.2, 0.25) is 5.60 Å². The molecular formula is C16H30O4. The lowest BCUT2D eigenvalue weighted by atomic mass is 9.84. The summed E-state index contributed by atoms with van der Waals surface area (Å²) < 4.78 is 5.54. The molecule has 0 aromatic carbocycles. The van der Waals surface area contributed by atoms with Gasteiger partial charge >= 0.3 is 5.97 Å². The van der Waals surface area contributed by atoms with Gasteiger partial charge in [-0.1, -0.05) is 48.0 Å². The van der Waals surface area contributed by atoms with E-state index in [0.717, 1.165) is 19.3 Å². The summed E-state index contributed by atoms with van der Waals surface area (Å²) in [6, 6.07) is 0. The average molecular weight is 286 g/mol. The highest BCUT2D eigenvalue weighted by Crippen LogP contribution is 2.38. The van der Waals surface area contributed by atoms with Crippen LogP contribution in [0.2, 0.25) is 0 Å². The Hall–Kier alpha value is -0.610. The summed E-state index contributed by atoms with van der Waals surface area (Å²) in [5.74, 6) is 0.307. The van der Waals surface area contributed by atoms with Gasteiger partial charge in [0.25, 0.3) is 0 Å². The summed E-state index contributed by atoms with van der Waals surface area (Å²) >= 11 is 0. The highest BCUT2D eigenvalue weighted by atomic mass is 17.3. The van der Waals surface area contributed by atoms with E-state index < -0.39 is 5.60 Å². The molecule has 1 saturated heterocycles. The molecule has 0 aromatic heterocycles. The van der Waals surface area contributed by atoms with E-state index in [0.29, 0.717) is 18.9 Å². The molecule has 1 heterocycles. The van der Waals surface area contributed by atoms with E-state index in [1.165, 1.54) is 0 Å². The topological polar surface area (TPSA) is 44.8 Å². The molecule has 0 saturated carbocycles. The van der Waals surface area contributed by atoms with Crippen LogP contribution in [-0.4, -0.2) is 24.3 Å². The molecule has 1 aliphatic rings. The van der Waals surface area contributed by atoms with Gasteiger partial charge in [-0.2, -0.15) is 0 Å². The number of rotatable bonds is 8. The smallest absolute Gasteiger partial charge is 0.344 e. The second-order valence-electron chi connectivity index (χ2n) is 7.04. The first-order valence-electron chi connectivity index (χ1n) is 7.79. The Kier molecular flexibility index (Phi) is 6.02. The highest BCUT2D eigenvalue weighted by molar-refractivity contribution is 5.81. The van der Waals surface area contributed by atoms with Crippen LogP contribution in [0.15, 0.2) is 0 Å². The summed E-state index contributed by atoms with van der Waals surface area (Å²) in [5, 5.41) is 0. The minimum atomic E-state index is -0.885. The number of hydrogen-bond donors (Lipinski definition) is 0. The van der Waals surface area contributed by atoms with Gasteiger partial charge in [-0.25, -0.2) is 14.6 Å². The van der Waals surface area contributed by atoms with Crippen LogP contribution in [0.3, 0.4) is 0 Å². The summed E-state index contributed by atoms with van der Waals surface area (Å²) in [5.41, 5.74) is -0.895. The number of ether oxygens (including phenoxy) is 1. The monoisotopic (exact) mass is 286 g/mol. The molecule has 0 aromatic rings. The molecule has 118 valence electrons. The second kappa shape index (κ2) is 6.90. The largest absolute Gasteiger partial charge is 0.463 e. The van der Waals surface area contributed by atoms with Crippen LogP contribution in [0.1, 0.15) is 67.2 Å². The maximum absolute atomic E-state index is 12.4. The van der Waals surface area contributed by atoms with E-state index in [2.05, 4.69) is 34.6 Å². The molecule has 2 atom stereocenters. The van der Waals surface area contributed by atoms with Crippen molar-refractivity contribution in [3.8, 4) is 0 Å². The number of hydrogen-bond acceptors (Lipinski definition) is 4. The van der Waals surface area contributed by atoms with Crippen molar-refractivity contribution < 1.29 is 19.3 Å². The Morgan fingerprint density at radius 1 is 1.35 bits per heavy atom. The molecule has 20 heavy (non-hydrogen) atoms. The first-order chi connectivity index (χ1) is 9.27. The molecule has 1 aliphatic heterocycles. The molecule has 0 N–H and O–H groups in total. The van der Waals surface area contributed by atoms with Crippen molar-refractivity contribution in [1.82, 2.24) is 0 Å². The standard InChI is InChI=1S/C16H30O4/c1-7-9-13-16(8-2,20-19-13)14(17)18-11-15(5,6)10-12(3)4/h12-13H,7-11H2,1-6H3. The predicted octanol–water partition coefficient (Wildman–Crippen LogP) is 3.88. The van der Waals surface area contributed by atoms with E-state index in [4.69, 9.17) is 14.5 Å². The summed E-state index contributed by atoms with van der Waals surface area (Å²) in [7, 11) is 0. The van der Waals surface area contributed by atoms with Crippen LogP contribution in [0.25, 0.3) is 0 Å². The van der Waals surface area contributed by atoms with Gasteiger partial charge in [0.05, 0.1) is 6.61 Å². The molecule has 0 bridgehead atoms. The van der Waals surface area contributed by atoms with Gasteiger partial charge in [-0.3, -0.25) is 0 Å². The second-order valence-corrected chi connectivity index (χ2v) is 7.04. The van der Waals surface area contributed by atoms with Crippen molar-refractivity contribution in [3.63, 3.8) is 0 Å². The Bertz CT molecular complexity index is 320. The quantitative estimate of drug-likeness (QED) is 0.502. The lowest BCUT2D eigenvalue weighted by Gasteiger charge is -2.44. The van der Waals surface area contributed by atoms with E-state index in [1.807, 2.05) is 6.92 Å². The zero-order valence-electron chi connectivity index (χ0n) is 13.8. The van der Waals surface area contributed by atoms with E-state index >= 15 is 0 Å². The van der Waals surface area contributed by atoms with Crippen LogP contribution >= 0.6 is 0 Å². The van der Waals surface area contributed by atoms with Crippen LogP contribution < -0.4 is 0 Å². The fourth-order valence-corrected chi connectivity index (χ4v) is 2.92. The van der Waals surface area contributed by atoms with Crippen molar-refractivity contribution in [2.24, 2.45) is 11.3 Å². The van der Waals surface area contributed by atoms with Crippen LogP contribution in [0.4, 0.5) is 0 Å². The fourth-order valence-electron chi connectivity index (χ4n) is 2.92. The molecule has 0 aliphatic carbocycles. The van der Waals surface area contributed by atoms with Gasteiger partial charge in [-0.05, 0) is 30.6 Å². The molecule has 0 amide bonds. The molecule has 2 unspecified atom stereocenters. The Morgan fingerprint density at radius 2 is 2.00 bits per heavy atom. The number of carbonyl (C=O) groups excluding carboxylic acids is 1. The lowest BCUT2D eigenvalue weighted by molar-refractivity contribution is -0.498. The van der Waals surface area contributed by atoms with Crippen molar-refractivity contribution in [2.45, 2.75) is 78.9 Å². The van der Waals surface area contributed by atoms with Gasteiger partial charge in [0.1, 0.15) is 6.10 Å². The van der Waals surface area contributed by atoms with Gasteiger partial charge in [-0.15, -0.1) is 0 Å². The fraction of sp³-hybridized carbons (Fsp3) is 0.938. The van der Waals surface area contributed by atoms with Crippen LogP contribution in [0, 0.1) is 11.3 Å². The molecule has 4 heteroatoms. The SMILES string of the molecule is CCCC1OOC1(CC)C(=O)OCC(C)(C)CC(C)C. The van der Waals surface area contributed by atoms with E-state index in [-0.39, 0.29) is 17.5 Å². The minimum absolute atomic E-state index is 0.0103. The van der Waals surface area contributed by atoms with Crippen LogP contribution in [0.5, 0.6) is 0 Å². The van der Waals surface area contributed by atoms with Crippen molar-refractivity contribution in [3.05, 3.63) is 0 Å². The summed E-state index contributed by atoms with van der Waals surface area (Å²) in [6.07, 6.45) is 3.22. The van der Waals surface area contributed by atoms with Gasteiger partial charge in [0, 0.05) is 0 Å².